The Labute approximate surface area is 230 Å². The quantitative estimate of drug-likeness (QED) is 0.371. The number of sulfonamides is 1. The van der Waals surface area contributed by atoms with Crippen LogP contribution in [0, 0.1) is 0 Å². The summed E-state index contributed by atoms with van der Waals surface area (Å²) in [5.74, 6) is -1.29. The van der Waals surface area contributed by atoms with E-state index in [-0.39, 0.29) is 34.7 Å². The van der Waals surface area contributed by atoms with Gasteiger partial charge in [-0.1, -0.05) is 49.2 Å². The van der Waals surface area contributed by atoms with Crippen LogP contribution in [-0.2, 0) is 32.3 Å². The van der Waals surface area contributed by atoms with Gasteiger partial charge < -0.3 is 10.2 Å². The van der Waals surface area contributed by atoms with E-state index in [1.807, 2.05) is 6.92 Å². The Kier molecular flexibility index (Phi) is 10.9. The van der Waals surface area contributed by atoms with Gasteiger partial charge in [0.1, 0.15) is 12.6 Å². The van der Waals surface area contributed by atoms with Crippen LogP contribution in [-0.4, -0.2) is 50.0 Å². The van der Waals surface area contributed by atoms with Gasteiger partial charge in [0.25, 0.3) is 0 Å². The van der Waals surface area contributed by atoms with Gasteiger partial charge in [-0.05, 0) is 50.1 Å². The average Bonchev–Trinajstić information content (AvgIpc) is 2.82. The molecule has 2 aromatic rings. The normalized spacial score (nSPS) is 13.5. The van der Waals surface area contributed by atoms with E-state index in [2.05, 4.69) is 5.32 Å². The second kappa shape index (κ2) is 13.0. The standard InChI is InChI=1S/C25H30Cl2F3N3O4S/c1-5-16(3)31-24(35)22(6-2)32(14-19-20(26)11-8-12-21(19)27)23(34)15-33(38(4,36)37)18-10-7-9-17(13-18)25(28,29)30/h7-13,16,22H,5-6,14-15H2,1-4H3,(H,31,35)/t16-,22+/m1/s1. The first-order valence-corrected chi connectivity index (χ1v) is 14.4. The molecule has 210 valence electrons. The largest absolute Gasteiger partial charge is 0.416 e. The predicted octanol–water partition coefficient (Wildman–Crippen LogP) is 5.50. The molecule has 0 aromatic heterocycles. The lowest BCUT2D eigenvalue weighted by Crippen LogP contribution is -2.53. The van der Waals surface area contributed by atoms with Gasteiger partial charge in [-0.2, -0.15) is 13.2 Å². The number of alkyl halides is 3. The third-order valence-corrected chi connectivity index (χ3v) is 7.77. The van der Waals surface area contributed by atoms with Crippen LogP contribution in [0.15, 0.2) is 42.5 Å². The molecule has 0 aliphatic heterocycles. The molecule has 13 heteroatoms. The van der Waals surface area contributed by atoms with Crippen molar-refractivity contribution in [2.24, 2.45) is 0 Å². The lowest BCUT2D eigenvalue weighted by atomic mass is 10.1. The Morgan fingerprint density at radius 1 is 1.03 bits per heavy atom. The van der Waals surface area contributed by atoms with Crippen LogP contribution in [0.4, 0.5) is 18.9 Å². The van der Waals surface area contributed by atoms with Crippen molar-refractivity contribution in [1.82, 2.24) is 10.2 Å². The summed E-state index contributed by atoms with van der Waals surface area (Å²) in [6.07, 6.45) is -3.15. The zero-order valence-corrected chi connectivity index (χ0v) is 23.7. The molecular formula is C25H30Cl2F3N3O4S. The number of nitrogens with zero attached hydrogens (tertiary/aromatic N) is 2. The smallest absolute Gasteiger partial charge is 0.352 e. The Bertz CT molecular complexity index is 1240. The number of carbonyl (C=O) groups is 2. The number of hydrogen-bond acceptors (Lipinski definition) is 4. The SMILES string of the molecule is CC[C@@H](C)NC(=O)[C@H](CC)N(Cc1c(Cl)cccc1Cl)C(=O)CN(c1cccc(C(F)(F)F)c1)S(C)(=O)=O. The molecule has 1 N–H and O–H groups in total. The van der Waals surface area contributed by atoms with E-state index in [1.165, 1.54) is 0 Å². The van der Waals surface area contributed by atoms with Crippen molar-refractivity contribution < 1.29 is 31.2 Å². The summed E-state index contributed by atoms with van der Waals surface area (Å²) in [5.41, 5.74) is -1.08. The Morgan fingerprint density at radius 2 is 1.61 bits per heavy atom. The number of rotatable bonds is 11. The summed E-state index contributed by atoms with van der Waals surface area (Å²) in [6, 6.07) is 7.13. The molecule has 0 spiro atoms. The minimum Gasteiger partial charge on any atom is -0.352 e. The van der Waals surface area contributed by atoms with E-state index < -0.39 is 46.2 Å². The van der Waals surface area contributed by atoms with Crippen molar-refractivity contribution in [1.29, 1.82) is 0 Å². The van der Waals surface area contributed by atoms with E-state index in [4.69, 9.17) is 23.2 Å². The van der Waals surface area contributed by atoms with E-state index in [0.717, 1.165) is 29.4 Å². The van der Waals surface area contributed by atoms with Crippen molar-refractivity contribution in [3.8, 4) is 0 Å². The zero-order valence-electron chi connectivity index (χ0n) is 21.4. The minimum absolute atomic E-state index is 0.165. The first kappa shape index (κ1) is 31.7. The number of hydrogen-bond donors (Lipinski definition) is 1. The number of amides is 2. The maximum absolute atomic E-state index is 13.7. The highest BCUT2D eigenvalue weighted by molar-refractivity contribution is 7.92. The van der Waals surface area contributed by atoms with Crippen LogP contribution in [0.5, 0.6) is 0 Å². The van der Waals surface area contributed by atoms with Gasteiger partial charge in [-0.15, -0.1) is 0 Å². The van der Waals surface area contributed by atoms with Crippen molar-refractivity contribution in [2.45, 2.75) is 58.4 Å². The second-order valence-electron chi connectivity index (χ2n) is 8.78. The molecule has 0 radical (unpaired) electrons. The van der Waals surface area contributed by atoms with Crippen molar-refractivity contribution >= 4 is 50.7 Å². The first-order chi connectivity index (χ1) is 17.6. The average molecular weight is 596 g/mol. The summed E-state index contributed by atoms with van der Waals surface area (Å²) in [6.45, 7) is 4.26. The molecule has 0 saturated heterocycles. The lowest BCUT2D eigenvalue weighted by Gasteiger charge is -2.33. The van der Waals surface area contributed by atoms with Crippen molar-refractivity contribution in [3.05, 3.63) is 63.6 Å². The van der Waals surface area contributed by atoms with Gasteiger partial charge in [0.05, 0.1) is 17.5 Å². The third-order valence-electron chi connectivity index (χ3n) is 5.92. The Morgan fingerprint density at radius 3 is 2.11 bits per heavy atom. The molecule has 7 nitrogen and oxygen atoms in total. The molecule has 38 heavy (non-hydrogen) atoms. The number of anilines is 1. The van der Waals surface area contributed by atoms with Crippen molar-refractivity contribution in [3.63, 3.8) is 0 Å². The number of benzene rings is 2. The number of carbonyl (C=O) groups excluding carboxylic acids is 2. The van der Waals surface area contributed by atoms with Gasteiger partial charge in [0.15, 0.2) is 0 Å². The highest BCUT2D eigenvalue weighted by Gasteiger charge is 2.35. The van der Waals surface area contributed by atoms with E-state index in [9.17, 15) is 31.2 Å². The summed E-state index contributed by atoms with van der Waals surface area (Å²) < 4.78 is 65.7. The summed E-state index contributed by atoms with van der Waals surface area (Å²) in [5, 5.41) is 3.27. The molecule has 0 saturated carbocycles. The molecule has 0 fully saturated rings. The van der Waals surface area contributed by atoms with E-state index >= 15 is 0 Å². The fourth-order valence-corrected chi connectivity index (χ4v) is 5.02. The Hall–Kier alpha value is -2.50. The van der Waals surface area contributed by atoms with Crippen molar-refractivity contribution in [2.75, 3.05) is 17.1 Å². The summed E-state index contributed by atoms with van der Waals surface area (Å²) in [4.78, 5) is 28.0. The van der Waals surface area contributed by atoms with Crippen LogP contribution in [0.1, 0.15) is 44.7 Å². The van der Waals surface area contributed by atoms with Gasteiger partial charge in [-0.25, -0.2) is 8.42 Å². The summed E-state index contributed by atoms with van der Waals surface area (Å²) >= 11 is 12.6. The Balaban J connectivity index is 2.55. The van der Waals surface area contributed by atoms with Crippen LogP contribution >= 0.6 is 23.2 Å². The third kappa shape index (κ3) is 8.25. The molecule has 0 unspecified atom stereocenters. The molecule has 2 atom stereocenters. The van der Waals surface area contributed by atoms with Gasteiger partial charge in [0, 0.05) is 28.2 Å². The zero-order chi connectivity index (χ0) is 28.8. The number of halogens is 5. The van der Waals surface area contributed by atoms with Crippen LogP contribution in [0.2, 0.25) is 10.0 Å². The minimum atomic E-state index is -4.72. The summed E-state index contributed by atoms with van der Waals surface area (Å²) in [7, 11) is -4.21. The lowest BCUT2D eigenvalue weighted by molar-refractivity contribution is -0.140. The number of nitrogens with one attached hydrogen (secondary N) is 1. The molecular weight excluding hydrogens is 566 g/mol. The fourth-order valence-electron chi connectivity index (χ4n) is 3.67. The molecule has 0 heterocycles. The maximum Gasteiger partial charge on any atom is 0.416 e. The molecule has 0 aliphatic carbocycles. The first-order valence-electron chi connectivity index (χ1n) is 11.8. The monoisotopic (exact) mass is 595 g/mol. The predicted molar refractivity (Wildman–Crippen MR) is 143 cm³/mol. The molecule has 0 aliphatic rings. The molecule has 2 aromatic carbocycles. The van der Waals surface area contributed by atoms with Gasteiger partial charge >= 0.3 is 6.18 Å². The van der Waals surface area contributed by atoms with Gasteiger partial charge in [0.2, 0.25) is 21.8 Å². The van der Waals surface area contributed by atoms with Gasteiger partial charge in [-0.3, -0.25) is 13.9 Å². The highest BCUT2D eigenvalue weighted by atomic mass is 35.5. The van der Waals surface area contributed by atoms with Crippen LogP contribution in [0.3, 0.4) is 0 Å². The fraction of sp³-hybridized carbons (Fsp3) is 0.440. The second-order valence-corrected chi connectivity index (χ2v) is 11.5. The van der Waals surface area contributed by atoms with E-state index in [1.54, 1.807) is 32.0 Å². The molecule has 0 bridgehead atoms. The maximum atomic E-state index is 13.7. The van der Waals surface area contributed by atoms with Crippen LogP contribution < -0.4 is 9.62 Å². The van der Waals surface area contributed by atoms with Crippen LogP contribution in [0.25, 0.3) is 0 Å². The molecule has 2 amide bonds. The van der Waals surface area contributed by atoms with E-state index in [0.29, 0.717) is 22.4 Å². The topological polar surface area (TPSA) is 86.8 Å². The highest BCUT2D eigenvalue weighted by Crippen LogP contribution is 2.32. The molecule has 2 rings (SSSR count).